The molecule has 22 heavy (non-hydrogen) atoms. The van der Waals surface area contributed by atoms with Crippen LogP contribution in [0.25, 0.3) is 0 Å². The van der Waals surface area contributed by atoms with Gasteiger partial charge in [0.2, 0.25) is 15.9 Å². The minimum Gasteiger partial charge on any atom is -0.467 e. The summed E-state index contributed by atoms with van der Waals surface area (Å²) in [6.07, 6.45) is 1.47. The molecule has 1 aromatic carbocycles. The van der Waals surface area contributed by atoms with Crippen LogP contribution < -0.4 is 10.0 Å². The fourth-order valence-electron chi connectivity index (χ4n) is 1.69. The molecular weight excluding hydrogens is 311 g/mol. The highest BCUT2D eigenvalue weighted by molar-refractivity contribution is 7.89. The molecule has 1 heterocycles. The van der Waals surface area contributed by atoms with E-state index in [9.17, 15) is 17.6 Å². The van der Waals surface area contributed by atoms with Gasteiger partial charge in [0.05, 0.1) is 24.2 Å². The Balaban J connectivity index is 1.91. The molecule has 2 rings (SSSR count). The van der Waals surface area contributed by atoms with Gasteiger partial charge >= 0.3 is 0 Å². The van der Waals surface area contributed by atoms with E-state index in [4.69, 9.17) is 4.42 Å². The fourth-order valence-corrected chi connectivity index (χ4v) is 2.76. The summed E-state index contributed by atoms with van der Waals surface area (Å²) in [6, 6.07) is 6.79. The number of sulfonamides is 1. The molecule has 0 atom stereocenters. The maximum atomic E-state index is 13.1. The molecule has 0 saturated carbocycles. The number of furan rings is 1. The number of carbonyl (C=O) groups excluding carboxylic acids is 1. The summed E-state index contributed by atoms with van der Waals surface area (Å²) in [4.78, 5) is 11.5. The molecule has 8 heteroatoms. The zero-order valence-electron chi connectivity index (χ0n) is 11.8. The van der Waals surface area contributed by atoms with E-state index < -0.39 is 28.3 Å². The minimum absolute atomic E-state index is 0.0924. The second-order valence-electron chi connectivity index (χ2n) is 4.59. The van der Waals surface area contributed by atoms with Crippen LogP contribution >= 0.6 is 0 Å². The highest BCUT2D eigenvalue weighted by Gasteiger charge is 2.16. The van der Waals surface area contributed by atoms with Crippen molar-refractivity contribution in [2.24, 2.45) is 0 Å². The molecule has 1 aromatic heterocycles. The van der Waals surface area contributed by atoms with E-state index >= 15 is 0 Å². The molecule has 118 valence electrons. The number of hydrogen-bond donors (Lipinski definition) is 2. The van der Waals surface area contributed by atoms with Gasteiger partial charge in [-0.25, -0.2) is 17.5 Å². The van der Waals surface area contributed by atoms with Gasteiger partial charge in [0, 0.05) is 0 Å². The van der Waals surface area contributed by atoms with E-state index in [1.54, 1.807) is 12.1 Å². The van der Waals surface area contributed by atoms with Gasteiger partial charge in [-0.2, -0.15) is 0 Å². The average molecular weight is 326 g/mol. The van der Waals surface area contributed by atoms with E-state index in [1.807, 2.05) is 0 Å². The van der Waals surface area contributed by atoms with Gasteiger partial charge in [-0.3, -0.25) is 4.79 Å². The lowest BCUT2D eigenvalue weighted by atomic mass is 10.2. The molecule has 0 fully saturated rings. The summed E-state index contributed by atoms with van der Waals surface area (Å²) in [5.74, 6) is -0.431. The predicted molar refractivity (Wildman–Crippen MR) is 76.9 cm³/mol. The van der Waals surface area contributed by atoms with Crippen LogP contribution in [-0.4, -0.2) is 20.9 Å². The number of nitrogens with one attached hydrogen (secondary N) is 2. The largest absolute Gasteiger partial charge is 0.467 e. The summed E-state index contributed by atoms with van der Waals surface area (Å²) in [7, 11) is -3.87. The predicted octanol–water partition coefficient (Wildman–Crippen LogP) is 1.32. The van der Waals surface area contributed by atoms with E-state index in [1.165, 1.54) is 19.3 Å². The quantitative estimate of drug-likeness (QED) is 0.838. The van der Waals surface area contributed by atoms with E-state index in [0.717, 1.165) is 12.1 Å². The third kappa shape index (κ3) is 4.15. The highest BCUT2D eigenvalue weighted by Crippen LogP contribution is 2.13. The first kappa shape index (κ1) is 16.2. The van der Waals surface area contributed by atoms with Crippen LogP contribution in [-0.2, 0) is 21.4 Å². The van der Waals surface area contributed by atoms with Crippen LogP contribution in [0.4, 0.5) is 4.39 Å². The van der Waals surface area contributed by atoms with Gasteiger partial charge < -0.3 is 9.73 Å². The zero-order valence-corrected chi connectivity index (χ0v) is 12.6. The Morgan fingerprint density at radius 3 is 2.73 bits per heavy atom. The summed E-state index contributed by atoms with van der Waals surface area (Å²) >= 11 is 0. The maximum absolute atomic E-state index is 13.1. The van der Waals surface area contributed by atoms with E-state index in [-0.39, 0.29) is 17.0 Å². The Morgan fingerprint density at radius 2 is 2.09 bits per heavy atom. The number of rotatable bonds is 6. The van der Waals surface area contributed by atoms with Crippen molar-refractivity contribution in [1.82, 2.24) is 10.0 Å². The van der Waals surface area contributed by atoms with Crippen LogP contribution in [0.3, 0.4) is 0 Å². The third-order valence-corrected chi connectivity index (χ3v) is 4.30. The van der Waals surface area contributed by atoms with Crippen molar-refractivity contribution in [1.29, 1.82) is 0 Å². The molecule has 0 aliphatic heterocycles. The van der Waals surface area contributed by atoms with Gasteiger partial charge in [0.15, 0.2) is 0 Å². The molecule has 6 nitrogen and oxygen atoms in total. The number of aryl methyl sites for hydroxylation is 1. The smallest absolute Gasteiger partial charge is 0.241 e. The fraction of sp³-hybridized carbons (Fsp3) is 0.214. The van der Waals surface area contributed by atoms with Crippen molar-refractivity contribution in [3.8, 4) is 0 Å². The summed E-state index contributed by atoms with van der Waals surface area (Å²) in [5, 5.41) is 2.51. The highest BCUT2D eigenvalue weighted by atomic mass is 32.2. The number of amides is 1. The molecule has 0 bridgehead atoms. The summed E-state index contributed by atoms with van der Waals surface area (Å²) in [5.41, 5.74) is 0.213. The Labute approximate surface area is 127 Å². The molecule has 0 aliphatic rings. The lowest BCUT2D eigenvalue weighted by molar-refractivity contribution is -0.120. The van der Waals surface area contributed by atoms with Crippen LogP contribution in [0.2, 0.25) is 0 Å². The second kappa shape index (κ2) is 6.71. The SMILES string of the molecule is Cc1cc(S(=O)(=O)NCC(=O)NCc2ccco2)ccc1F. The lowest BCUT2D eigenvalue weighted by Crippen LogP contribution is -2.36. The molecule has 1 amide bonds. The Hall–Kier alpha value is -2.19. The van der Waals surface area contributed by atoms with Crippen molar-refractivity contribution >= 4 is 15.9 Å². The Kier molecular flexibility index (Phi) is 4.94. The van der Waals surface area contributed by atoms with Crippen molar-refractivity contribution in [3.05, 3.63) is 53.7 Å². The standard InChI is InChI=1S/C14H15FN2O4S/c1-10-7-12(4-5-13(10)15)22(19,20)17-9-14(18)16-8-11-3-2-6-21-11/h2-7,17H,8-9H2,1H3,(H,16,18). The third-order valence-electron chi connectivity index (χ3n) is 2.90. The van der Waals surface area contributed by atoms with Crippen LogP contribution in [0.1, 0.15) is 11.3 Å². The second-order valence-corrected chi connectivity index (χ2v) is 6.36. The molecule has 0 aliphatic carbocycles. The lowest BCUT2D eigenvalue weighted by Gasteiger charge is -2.08. The molecule has 0 saturated heterocycles. The van der Waals surface area contributed by atoms with Crippen molar-refractivity contribution < 1.29 is 22.0 Å². The topological polar surface area (TPSA) is 88.4 Å². The van der Waals surface area contributed by atoms with Crippen LogP contribution in [0.15, 0.2) is 45.9 Å². The zero-order chi connectivity index (χ0) is 16.2. The van der Waals surface area contributed by atoms with Gasteiger partial charge in [-0.1, -0.05) is 0 Å². The van der Waals surface area contributed by atoms with Gasteiger partial charge in [-0.15, -0.1) is 0 Å². The number of carbonyl (C=O) groups is 1. The molecule has 2 aromatic rings. The first-order chi connectivity index (χ1) is 10.4. The van der Waals surface area contributed by atoms with Crippen molar-refractivity contribution in [2.75, 3.05) is 6.54 Å². The van der Waals surface area contributed by atoms with Crippen molar-refractivity contribution in [3.63, 3.8) is 0 Å². The van der Waals surface area contributed by atoms with Gasteiger partial charge in [0.1, 0.15) is 11.6 Å². The Bertz CT molecular complexity index is 757. The molecule has 0 spiro atoms. The Morgan fingerprint density at radius 1 is 1.32 bits per heavy atom. The first-order valence-electron chi connectivity index (χ1n) is 6.43. The monoisotopic (exact) mass is 326 g/mol. The van der Waals surface area contributed by atoms with E-state index in [2.05, 4.69) is 10.0 Å². The average Bonchev–Trinajstić information content (AvgIpc) is 2.99. The number of halogens is 1. The maximum Gasteiger partial charge on any atom is 0.241 e. The summed E-state index contributed by atoms with van der Waals surface area (Å²) in [6.45, 7) is 1.22. The molecular formula is C14H15FN2O4S. The van der Waals surface area contributed by atoms with Crippen LogP contribution in [0, 0.1) is 12.7 Å². The van der Waals surface area contributed by atoms with Crippen molar-refractivity contribution in [2.45, 2.75) is 18.4 Å². The molecule has 0 radical (unpaired) electrons. The number of benzene rings is 1. The van der Waals surface area contributed by atoms with Crippen LogP contribution in [0.5, 0.6) is 0 Å². The van der Waals surface area contributed by atoms with E-state index in [0.29, 0.717) is 5.76 Å². The molecule has 2 N–H and O–H groups in total. The first-order valence-corrected chi connectivity index (χ1v) is 7.92. The van der Waals surface area contributed by atoms with Gasteiger partial charge in [-0.05, 0) is 42.8 Å². The minimum atomic E-state index is -3.87. The summed E-state index contributed by atoms with van der Waals surface area (Å²) < 4.78 is 44.3. The molecule has 0 unspecified atom stereocenters. The number of hydrogen-bond acceptors (Lipinski definition) is 4. The normalized spacial score (nSPS) is 11.4. The van der Waals surface area contributed by atoms with Gasteiger partial charge in [0.25, 0.3) is 0 Å².